The van der Waals surface area contributed by atoms with Gasteiger partial charge in [-0.15, -0.1) is 0 Å². The van der Waals surface area contributed by atoms with Crippen LogP contribution in [0.25, 0.3) is 0 Å². The SMILES string of the molecule is Cn1ncc(C(C)(C)C)c1C1CCC1. The molecular weight excluding hydrogens is 172 g/mol. The van der Waals surface area contributed by atoms with Crippen LogP contribution in [0, 0.1) is 0 Å². The van der Waals surface area contributed by atoms with Gasteiger partial charge < -0.3 is 0 Å². The lowest BCUT2D eigenvalue weighted by molar-refractivity contribution is 0.388. The Morgan fingerprint density at radius 3 is 2.43 bits per heavy atom. The van der Waals surface area contributed by atoms with Crippen LogP contribution in [-0.4, -0.2) is 9.78 Å². The number of aromatic nitrogens is 2. The first-order chi connectivity index (χ1) is 6.50. The van der Waals surface area contributed by atoms with Crippen LogP contribution in [0.4, 0.5) is 0 Å². The first kappa shape index (κ1) is 9.75. The Labute approximate surface area is 86.3 Å². The Morgan fingerprint density at radius 1 is 1.36 bits per heavy atom. The van der Waals surface area contributed by atoms with Gasteiger partial charge in [-0.3, -0.25) is 4.68 Å². The summed E-state index contributed by atoms with van der Waals surface area (Å²) in [6.07, 6.45) is 6.14. The van der Waals surface area contributed by atoms with Crippen LogP contribution in [0.2, 0.25) is 0 Å². The highest BCUT2D eigenvalue weighted by Crippen LogP contribution is 2.40. The molecule has 14 heavy (non-hydrogen) atoms. The second kappa shape index (κ2) is 3.11. The van der Waals surface area contributed by atoms with E-state index in [1.807, 2.05) is 6.20 Å². The van der Waals surface area contributed by atoms with Gasteiger partial charge in [0.1, 0.15) is 0 Å². The molecule has 1 aromatic heterocycles. The van der Waals surface area contributed by atoms with E-state index in [0.717, 1.165) is 5.92 Å². The normalized spacial score (nSPS) is 18.3. The third-order valence-electron chi connectivity index (χ3n) is 3.28. The van der Waals surface area contributed by atoms with Crippen molar-refractivity contribution in [1.29, 1.82) is 0 Å². The summed E-state index contributed by atoms with van der Waals surface area (Å²) in [5.74, 6) is 0.775. The standard InChI is InChI=1S/C12H20N2/c1-12(2,3)10-8-13-14(4)11(10)9-6-5-7-9/h8-9H,5-7H2,1-4H3. The fraction of sp³-hybridized carbons (Fsp3) is 0.750. The van der Waals surface area contributed by atoms with Gasteiger partial charge in [-0.25, -0.2) is 0 Å². The Balaban J connectivity index is 2.40. The fourth-order valence-electron chi connectivity index (χ4n) is 2.19. The minimum absolute atomic E-state index is 0.235. The smallest absolute Gasteiger partial charge is 0.0530 e. The Morgan fingerprint density at radius 2 is 2.00 bits per heavy atom. The van der Waals surface area contributed by atoms with Crippen LogP contribution in [0.3, 0.4) is 0 Å². The molecule has 0 spiro atoms. The predicted octanol–water partition coefficient (Wildman–Crippen LogP) is 2.99. The summed E-state index contributed by atoms with van der Waals surface area (Å²) in [6.45, 7) is 6.81. The van der Waals surface area contributed by atoms with Crippen molar-refractivity contribution < 1.29 is 0 Å². The van der Waals surface area contributed by atoms with Gasteiger partial charge in [0.05, 0.1) is 6.20 Å². The largest absolute Gasteiger partial charge is 0.272 e. The molecule has 1 fully saturated rings. The molecule has 0 aromatic carbocycles. The molecule has 0 radical (unpaired) electrons. The highest BCUT2D eigenvalue weighted by Gasteiger charge is 2.29. The van der Waals surface area contributed by atoms with Gasteiger partial charge in [-0.2, -0.15) is 5.10 Å². The average molecular weight is 192 g/mol. The molecule has 0 bridgehead atoms. The number of hydrogen-bond donors (Lipinski definition) is 0. The lowest BCUT2D eigenvalue weighted by atomic mass is 9.76. The molecular formula is C12H20N2. The lowest BCUT2D eigenvalue weighted by Gasteiger charge is -2.30. The topological polar surface area (TPSA) is 17.8 Å². The van der Waals surface area contributed by atoms with Gasteiger partial charge in [-0.05, 0) is 23.8 Å². The van der Waals surface area contributed by atoms with Crippen molar-refractivity contribution >= 4 is 0 Å². The van der Waals surface area contributed by atoms with Gasteiger partial charge in [0.15, 0.2) is 0 Å². The molecule has 0 atom stereocenters. The molecule has 0 N–H and O–H groups in total. The van der Waals surface area contributed by atoms with Crippen LogP contribution >= 0.6 is 0 Å². The van der Waals surface area contributed by atoms with E-state index in [1.165, 1.54) is 30.5 Å². The summed E-state index contributed by atoms with van der Waals surface area (Å²) < 4.78 is 2.07. The van der Waals surface area contributed by atoms with Gasteiger partial charge in [0, 0.05) is 18.7 Å². The summed E-state index contributed by atoms with van der Waals surface area (Å²) in [6, 6.07) is 0. The van der Waals surface area contributed by atoms with Crippen LogP contribution in [0.15, 0.2) is 6.20 Å². The van der Waals surface area contributed by atoms with Crippen molar-refractivity contribution in [2.45, 2.75) is 51.4 Å². The number of aryl methyl sites for hydroxylation is 1. The van der Waals surface area contributed by atoms with Gasteiger partial charge in [0.2, 0.25) is 0 Å². The molecule has 1 heterocycles. The van der Waals surface area contributed by atoms with E-state index in [0.29, 0.717) is 0 Å². The van der Waals surface area contributed by atoms with Crippen molar-refractivity contribution in [3.8, 4) is 0 Å². The predicted molar refractivity (Wildman–Crippen MR) is 58.5 cm³/mol. The molecule has 0 unspecified atom stereocenters. The molecule has 1 aromatic rings. The highest BCUT2D eigenvalue weighted by molar-refractivity contribution is 5.29. The second-order valence-electron chi connectivity index (χ2n) is 5.44. The molecule has 2 heteroatoms. The lowest BCUT2D eigenvalue weighted by Crippen LogP contribution is -2.20. The molecule has 78 valence electrons. The van der Waals surface area contributed by atoms with Gasteiger partial charge in [0.25, 0.3) is 0 Å². The third kappa shape index (κ3) is 1.47. The highest BCUT2D eigenvalue weighted by atomic mass is 15.3. The molecule has 1 aliphatic rings. The maximum Gasteiger partial charge on any atom is 0.0530 e. The van der Waals surface area contributed by atoms with Crippen LogP contribution in [-0.2, 0) is 12.5 Å². The van der Waals surface area contributed by atoms with E-state index in [4.69, 9.17) is 0 Å². The fourth-order valence-corrected chi connectivity index (χ4v) is 2.19. The van der Waals surface area contributed by atoms with E-state index >= 15 is 0 Å². The van der Waals surface area contributed by atoms with E-state index in [2.05, 4.69) is 37.6 Å². The Hall–Kier alpha value is -0.790. The molecule has 2 nitrogen and oxygen atoms in total. The zero-order valence-electron chi connectivity index (χ0n) is 9.67. The molecule has 0 saturated heterocycles. The third-order valence-corrected chi connectivity index (χ3v) is 3.28. The van der Waals surface area contributed by atoms with E-state index in [1.54, 1.807) is 0 Å². The summed E-state index contributed by atoms with van der Waals surface area (Å²) in [7, 11) is 2.07. The monoisotopic (exact) mass is 192 g/mol. The average Bonchev–Trinajstić information content (AvgIpc) is 2.28. The number of rotatable bonds is 1. The Kier molecular flexibility index (Phi) is 2.17. The van der Waals surface area contributed by atoms with Crippen molar-refractivity contribution in [2.24, 2.45) is 7.05 Å². The number of hydrogen-bond acceptors (Lipinski definition) is 1. The van der Waals surface area contributed by atoms with Crippen molar-refractivity contribution in [3.05, 3.63) is 17.5 Å². The van der Waals surface area contributed by atoms with Crippen LogP contribution in [0.5, 0.6) is 0 Å². The number of nitrogens with zero attached hydrogens (tertiary/aromatic N) is 2. The first-order valence-corrected chi connectivity index (χ1v) is 5.52. The first-order valence-electron chi connectivity index (χ1n) is 5.52. The zero-order valence-corrected chi connectivity index (χ0v) is 9.67. The van der Waals surface area contributed by atoms with Crippen molar-refractivity contribution in [3.63, 3.8) is 0 Å². The molecule has 0 amide bonds. The van der Waals surface area contributed by atoms with E-state index in [9.17, 15) is 0 Å². The zero-order chi connectivity index (χ0) is 10.3. The van der Waals surface area contributed by atoms with Crippen molar-refractivity contribution in [1.82, 2.24) is 9.78 Å². The van der Waals surface area contributed by atoms with E-state index < -0.39 is 0 Å². The molecule has 2 rings (SSSR count). The Bertz CT molecular complexity index is 327. The minimum atomic E-state index is 0.235. The van der Waals surface area contributed by atoms with Gasteiger partial charge in [-0.1, -0.05) is 27.2 Å². The summed E-state index contributed by atoms with van der Waals surface area (Å²) in [4.78, 5) is 0. The van der Waals surface area contributed by atoms with Gasteiger partial charge >= 0.3 is 0 Å². The van der Waals surface area contributed by atoms with Crippen LogP contribution < -0.4 is 0 Å². The molecule has 1 aliphatic carbocycles. The maximum absolute atomic E-state index is 4.40. The molecule has 1 saturated carbocycles. The van der Waals surface area contributed by atoms with Crippen molar-refractivity contribution in [2.75, 3.05) is 0 Å². The minimum Gasteiger partial charge on any atom is -0.272 e. The van der Waals surface area contributed by atoms with Crippen LogP contribution in [0.1, 0.15) is 57.2 Å². The second-order valence-corrected chi connectivity index (χ2v) is 5.44. The van der Waals surface area contributed by atoms with E-state index in [-0.39, 0.29) is 5.41 Å². The quantitative estimate of drug-likeness (QED) is 0.669. The molecule has 0 aliphatic heterocycles. The summed E-state index contributed by atoms with van der Waals surface area (Å²) in [5.41, 5.74) is 3.15. The summed E-state index contributed by atoms with van der Waals surface area (Å²) >= 11 is 0. The maximum atomic E-state index is 4.40. The summed E-state index contributed by atoms with van der Waals surface area (Å²) in [5, 5.41) is 4.40.